The van der Waals surface area contributed by atoms with Gasteiger partial charge in [0.25, 0.3) is 0 Å². The lowest BCUT2D eigenvalue weighted by Gasteiger charge is -2.18. The van der Waals surface area contributed by atoms with Crippen LogP contribution in [0.2, 0.25) is 0 Å². The molecule has 0 N–H and O–H groups in total. The van der Waals surface area contributed by atoms with Crippen LogP contribution in [0.15, 0.2) is 84.9 Å². The molecule has 0 bridgehead atoms. The maximum Gasteiger partial charge on any atom is 0.123 e. The Morgan fingerprint density at radius 2 is 0.921 bits per heavy atom. The Kier molecular flexibility index (Phi) is 10.0. The molecule has 0 spiro atoms. The van der Waals surface area contributed by atoms with Gasteiger partial charge in [0, 0.05) is 0 Å². The first kappa shape index (κ1) is 27.5. The van der Waals surface area contributed by atoms with Crippen LogP contribution in [-0.2, 0) is 26.1 Å². The fraction of sp³-hybridized carbons (Fsp3) is 0.333. The van der Waals surface area contributed by atoms with E-state index < -0.39 is 0 Å². The number of hydrogen-bond acceptors (Lipinski definition) is 2. The molecule has 0 saturated carbocycles. The van der Waals surface area contributed by atoms with Gasteiger partial charge < -0.3 is 9.47 Å². The second-order valence-corrected chi connectivity index (χ2v) is 10.3. The fourth-order valence-electron chi connectivity index (χ4n) is 4.87. The van der Waals surface area contributed by atoms with Crippen molar-refractivity contribution in [1.29, 1.82) is 0 Å². The van der Waals surface area contributed by atoms with Crippen molar-refractivity contribution in [1.82, 2.24) is 0 Å². The predicted octanol–water partition coefficient (Wildman–Crippen LogP) is 9.81. The smallest absolute Gasteiger partial charge is 0.123 e. The lowest BCUT2D eigenvalue weighted by Crippen LogP contribution is -2.04. The van der Waals surface area contributed by atoms with Crippen molar-refractivity contribution in [2.75, 3.05) is 0 Å². The van der Waals surface area contributed by atoms with Crippen LogP contribution in [0.4, 0.5) is 0 Å². The molecular weight excluding hydrogens is 464 g/mol. The number of rotatable bonds is 13. The molecular formula is C36H42O2. The third-order valence-electron chi connectivity index (χ3n) is 7.14. The second kappa shape index (κ2) is 13.9. The highest BCUT2D eigenvalue weighted by Gasteiger charge is 2.13. The molecule has 4 aromatic carbocycles. The molecule has 0 amide bonds. The maximum absolute atomic E-state index is 6.47. The van der Waals surface area contributed by atoms with E-state index in [9.17, 15) is 0 Å². The zero-order chi connectivity index (χ0) is 26.7. The van der Waals surface area contributed by atoms with E-state index in [0.29, 0.717) is 13.2 Å². The number of ether oxygens (including phenoxy) is 2. The van der Waals surface area contributed by atoms with Gasteiger partial charge >= 0.3 is 0 Å². The summed E-state index contributed by atoms with van der Waals surface area (Å²) in [6.07, 6.45) is 6.80. The van der Waals surface area contributed by atoms with Crippen molar-refractivity contribution >= 4 is 0 Å². The van der Waals surface area contributed by atoms with E-state index in [4.69, 9.17) is 9.47 Å². The van der Waals surface area contributed by atoms with Gasteiger partial charge in [0.05, 0.1) is 0 Å². The summed E-state index contributed by atoms with van der Waals surface area (Å²) in [5.74, 6) is 2.01. The van der Waals surface area contributed by atoms with E-state index in [1.54, 1.807) is 0 Å². The van der Waals surface area contributed by atoms with Crippen molar-refractivity contribution in [2.24, 2.45) is 0 Å². The Bertz CT molecular complexity index is 1220. The molecule has 38 heavy (non-hydrogen) atoms. The summed E-state index contributed by atoms with van der Waals surface area (Å²) in [5, 5.41) is 0. The zero-order valence-corrected chi connectivity index (χ0v) is 23.6. The molecule has 0 saturated heterocycles. The van der Waals surface area contributed by atoms with Crippen molar-refractivity contribution in [2.45, 2.75) is 79.4 Å². The second-order valence-electron chi connectivity index (χ2n) is 10.3. The first-order valence-electron chi connectivity index (χ1n) is 14.2. The standard InChI is InChI=1S/C36H42O2/c1-5-7-13-29-21-19-27(3)23-35(29)37-25-31-15-9-11-17-33(31)34-18-12-10-16-32(34)26-38-36-24-28(4)20-22-30(36)14-8-6-2/h9-12,15-24H,5-8,13-14,25-26H2,1-4H3. The number of aryl methyl sites for hydroxylation is 4. The Labute approximate surface area is 229 Å². The topological polar surface area (TPSA) is 18.5 Å². The van der Waals surface area contributed by atoms with Crippen molar-refractivity contribution in [3.63, 3.8) is 0 Å². The molecule has 0 fully saturated rings. The quantitative estimate of drug-likeness (QED) is 0.180. The summed E-state index contributed by atoms with van der Waals surface area (Å²) < 4.78 is 12.9. The van der Waals surface area contributed by atoms with Crippen LogP contribution in [0.1, 0.15) is 72.9 Å². The molecule has 0 aromatic heterocycles. The Hall–Kier alpha value is -3.52. The molecule has 4 aromatic rings. The Balaban J connectivity index is 1.56. The van der Waals surface area contributed by atoms with E-state index in [-0.39, 0.29) is 0 Å². The van der Waals surface area contributed by atoms with Crippen LogP contribution in [-0.4, -0.2) is 0 Å². The highest BCUT2D eigenvalue weighted by Crippen LogP contribution is 2.31. The zero-order valence-electron chi connectivity index (χ0n) is 23.6. The number of hydrogen-bond donors (Lipinski definition) is 0. The third kappa shape index (κ3) is 7.28. The monoisotopic (exact) mass is 506 g/mol. The van der Waals surface area contributed by atoms with Gasteiger partial charge in [0.2, 0.25) is 0 Å². The molecule has 0 aliphatic carbocycles. The van der Waals surface area contributed by atoms with Crippen LogP contribution >= 0.6 is 0 Å². The van der Waals surface area contributed by atoms with Crippen LogP contribution in [0, 0.1) is 13.8 Å². The van der Waals surface area contributed by atoms with Crippen molar-refractivity contribution in [3.05, 3.63) is 118 Å². The summed E-state index contributed by atoms with van der Waals surface area (Å²) in [4.78, 5) is 0. The SMILES string of the molecule is CCCCc1ccc(C)cc1OCc1ccccc1-c1ccccc1COc1cc(C)ccc1CCCC. The summed E-state index contributed by atoms with van der Waals surface area (Å²) in [6.45, 7) is 9.79. The third-order valence-corrected chi connectivity index (χ3v) is 7.14. The minimum Gasteiger partial charge on any atom is -0.489 e. The van der Waals surface area contributed by atoms with E-state index in [0.717, 1.165) is 24.3 Å². The first-order chi connectivity index (χ1) is 18.6. The molecule has 2 heteroatoms. The molecule has 0 aliphatic rings. The average molecular weight is 507 g/mol. The molecule has 0 heterocycles. The van der Waals surface area contributed by atoms with Crippen LogP contribution in [0.5, 0.6) is 11.5 Å². The van der Waals surface area contributed by atoms with Gasteiger partial charge in [-0.25, -0.2) is 0 Å². The van der Waals surface area contributed by atoms with E-state index in [1.807, 2.05) is 0 Å². The summed E-state index contributed by atoms with van der Waals surface area (Å²) in [6, 6.07) is 30.3. The minimum atomic E-state index is 0.535. The number of benzene rings is 4. The molecule has 2 nitrogen and oxygen atoms in total. The van der Waals surface area contributed by atoms with Gasteiger partial charge in [-0.05, 0) is 96.2 Å². The van der Waals surface area contributed by atoms with Gasteiger partial charge in [-0.2, -0.15) is 0 Å². The lowest BCUT2D eigenvalue weighted by atomic mass is 9.96. The van der Waals surface area contributed by atoms with E-state index in [1.165, 1.54) is 70.2 Å². The Morgan fingerprint density at radius 3 is 1.34 bits per heavy atom. The molecule has 198 valence electrons. The molecule has 0 atom stereocenters. The van der Waals surface area contributed by atoms with Crippen LogP contribution < -0.4 is 9.47 Å². The fourth-order valence-corrected chi connectivity index (χ4v) is 4.87. The van der Waals surface area contributed by atoms with Gasteiger partial charge in [0.1, 0.15) is 24.7 Å². The first-order valence-corrected chi connectivity index (χ1v) is 14.2. The van der Waals surface area contributed by atoms with E-state index >= 15 is 0 Å². The predicted molar refractivity (Wildman–Crippen MR) is 160 cm³/mol. The van der Waals surface area contributed by atoms with Gasteiger partial charge in [0.15, 0.2) is 0 Å². The van der Waals surface area contributed by atoms with E-state index in [2.05, 4.69) is 113 Å². The lowest BCUT2D eigenvalue weighted by molar-refractivity contribution is 0.301. The average Bonchev–Trinajstić information content (AvgIpc) is 2.94. The summed E-state index contributed by atoms with van der Waals surface area (Å²) >= 11 is 0. The van der Waals surface area contributed by atoms with Gasteiger partial charge in [-0.1, -0.05) is 99.5 Å². The summed E-state index contributed by atoms with van der Waals surface area (Å²) in [7, 11) is 0. The highest BCUT2D eigenvalue weighted by molar-refractivity contribution is 5.70. The van der Waals surface area contributed by atoms with Crippen molar-refractivity contribution in [3.8, 4) is 22.6 Å². The Morgan fingerprint density at radius 1 is 0.500 bits per heavy atom. The molecule has 0 radical (unpaired) electrons. The highest BCUT2D eigenvalue weighted by atomic mass is 16.5. The minimum absolute atomic E-state index is 0.535. The largest absolute Gasteiger partial charge is 0.489 e. The van der Waals surface area contributed by atoms with Crippen LogP contribution in [0.25, 0.3) is 11.1 Å². The molecule has 0 unspecified atom stereocenters. The maximum atomic E-state index is 6.47. The van der Waals surface area contributed by atoms with Gasteiger partial charge in [-0.3, -0.25) is 0 Å². The van der Waals surface area contributed by atoms with Gasteiger partial charge in [-0.15, -0.1) is 0 Å². The molecule has 4 rings (SSSR count). The normalized spacial score (nSPS) is 10.9. The van der Waals surface area contributed by atoms with Crippen LogP contribution in [0.3, 0.4) is 0 Å². The molecule has 0 aliphatic heterocycles. The summed E-state index contributed by atoms with van der Waals surface area (Å²) in [5.41, 5.74) is 9.80. The number of unbranched alkanes of at least 4 members (excludes halogenated alkanes) is 2. The van der Waals surface area contributed by atoms with Crippen molar-refractivity contribution < 1.29 is 9.47 Å².